The second-order valence-corrected chi connectivity index (χ2v) is 8.96. The molecule has 0 aromatic heterocycles. The lowest BCUT2D eigenvalue weighted by Crippen LogP contribution is -2.42. The number of carboxylic acids is 1. The third-order valence-corrected chi connectivity index (χ3v) is 6.96. The monoisotopic (exact) mass is 432 g/mol. The minimum absolute atomic E-state index is 0.0342. The van der Waals surface area contributed by atoms with Crippen molar-refractivity contribution in [3.8, 4) is 0 Å². The lowest BCUT2D eigenvalue weighted by atomic mass is 10.1. The Bertz CT molecular complexity index is 1020. The van der Waals surface area contributed by atoms with Gasteiger partial charge in [-0.2, -0.15) is 4.31 Å². The van der Waals surface area contributed by atoms with Gasteiger partial charge in [-0.25, -0.2) is 13.2 Å². The third kappa shape index (κ3) is 5.05. The minimum Gasteiger partial charge on any atom is -0.480 e. The molecule has 2 aromatic carbocycles. The number of benzene rings is 2. The van der Waals surface area contributed by atoms with Crippen LogP contribution in [-0.4, -0.2) is 62.1 Å². The lowest BCUT2D eigenvalue weighted by Gasteiger charge is -2.26. The van der Waals surface area contributed by atoms with Gasteiger partial charge in [0.2, 0.25) is 10.0 Å². The summed E-state index contributed by atoms with van der Waals surface area (Å²) >= 11 is 0. The van der Waals surface area contributed by atoms with Crippen LogP contribution >= 0.6 is 0 Å². The first kappa shape index (κ1) is 21.9. The van der Waals surface area contributed by atoms with Crippen molar-refractivity contribution in [3.05, 3.63) is 65.2 Å². The van der Waals surface area contributed by atoms with Crippen LogP contribution in [0, 0.1) is 6.92 Å². The summed E-state index contributed by atoms with van der Waals surface area (Å²) in [5, 5.41) is 12.0. The van der Waals surface area contributed by atoms with Crippen LogP contribution in [0.3, 0.4) is 0 Å². The number of nitrogens with zero attached hydrogens (tertiary/aromatic N) is 1. The van der Waals surface area contributed by atoms with Crippen LogP contribution in [-0.2, 0) is 26.0 Å². The fraction of sp³-hybridized carbons (Fsp3) is 0.333. The summed E-state index contributed by atoms with van der Waals surface area (Å²) in [6, 6.07) is 12.2. The smallest absolute Gasteiger partial charge is 0.326 e. The van der Waals surface area contributed by atoms with Crippen LogP contribution in [0.4, 0.5) is 0 Å². The van der Waals surface area contributed by atoms with Gasteiger partial charge >= 0.3 is 5.97 Å². The fourth-order valence-electron chi connectivity index (χ4n) is 3.24. The van der Waals surface area contributed by atoms with Crippen LogP contribution in [0.15, 0.2) is 53.4 Å². The quantitative estimate of drug-likeness (QED) is 0.685. The predicted octanol–water partition coefficient (Wildman–Crippen LogP) is 1.44. The summed E-state index contributed by atoms with van der Waals surface area (Å²) < 4.78 is 32.5. The Labute approximate surface area is 175 Å². The van der Waals surface area contributed by atoms with Gasteiger partial charge in [-0.1, -0.05) is 36.4 Å². The van der Waals surface area contributed by atoms with Gasteiger partial charge in [0.05, 0.1) is 18.1 Å². The van der Waals surface area contributed by atoms with E-state index in [0.717, 1.165) is 5.56 Å². The maximum absolute atomic E-state index is 13.0. The van der Waals surface area contributed by atoms with Gasteiger partial charge in [0.25, 0.3) is 5.91 Å². The van der Waals surface area contributed by atoms with Gasteiger partial charge in [0.15, 0.2) is 0 Å². The van der Waals surface area contributed by atoms with E-state index in [2.05, 4.69) is 5.32 Å². The molecule has 2 N–H and O–H groups in total. The number of rotatable bonds is 7. The van der Waals surface area contributed by atoms with Gasteiger partial charge in [-0.3, -0.25) is 4.79 Å². The Balaban J connectivity index is 1.82. The molecule has 0 spiro atoms. The molecule has 0 bridgehead atoms. The second-order valence-electron chi connectivity index (χ2n) is 7.05. The van der Waals surface area contributed by atoms with E-state index in [1.165, 1.54) is 16.4 Å². The molecule has 1 atom stereocenters. The van der Waals surface area contributed by atoms with Gasteiger partial charge in [0.1, 0.15) is 6.04 Å². The Morgan fingerprint density at radius 2 is 1.80 bits per heavy atom. The molecule has 2 aromatic rings. The number of sulfonamides is 1. The second kappa shape index (κ2) is 9.38. The number of aliphatic carboxylic acids is 1. The van der Waals surface area contributed by atoms with Crippen molar-refractivity contribution in [3.63, 3.8) is 0 Å². The summed E-state index contributed by atoms with van der Waals surface area (Å²) in [6.45, 7) is 2.79. The zero-order chi connectivity index (χ0) is 21.7. The van der Waals surface area contributed by atoms with Crippen molar-refractivity contribution in [2.24, 2.45) is 0 Å². The van der Waals surface area contributed by atoms with Crippen molar-refractivity contribution in [1.29, 1.82) is 0 Å². The number of aryl methyl sites for hydroxylation is 1. The average Bonchev–Trinajstić information content (AvgIpc) is 2.74. The molecule has 0 aliphatic carbocycles. The van der Waals surface area contributed by atoms with Crippen LogP contribution in [0.25, 0.3) is 0 Å². The van der Waals surface area contributed by atoms with Crippen molar-refractivity contribution >= 4 is 21.9 Å². The number of morpholine rings is 1. The molecule has 0 saturated carbocycles. The number of carboxylic acid groups (broad SMARTS) is 1. The molecule has 1 unspecified atom stereocenters. The van der Waals surface area contributed by atoms with E-state index in [9.17, 15) is 23.1 Å². The first-order chi connectivity index (χ1) is 14.3. The number of carbonyl (C=O) groups excluding carboxylic acids is 1. The normalized spacial score (nSPS) is 16.0. The van der Waals surface area contributed by atoms with E-state index < -0.39 is 27.9 Å². The lowest BCUT2D eigenvalue weighted by molar-refractivity contribution is -0.139. The average molecular weight is 432 g/mol. The number of carbonyl (C=O) groups is 2. The highest BCUT2D eigenvalue weighted by Gasteiger charge is 2.29. The van der Waals surface area contributed by atoms with Crippen molar-refractivity contribution < 1.29 is 27.9 Å². The summed E-state index contributed by atoms with van der Waals surface area (Å²) in [5.74, 6) is -1.81. The summed E-state index contributed by atoms with van der Waals surface area (Å²) in [6.07, 6.45) is 0.118. The molecule has 1 aliphatic rings. The SMILES string of the molecule is Cc1ccc(C(=O)NC(Cc2ccccc2)C(=O)O)cc1S(=O)(=O)N1CCOCC1. The standard InChI is InChI=1S/C21H24N2O6S/c1-15-7-8-17(14-19(15)30(27,28)23-9-11-29-12-10-23)20(24)22-18(21(25)26)13-16-5-3-2-4-6-16/h2-8,14,18H,9-13H2,1H3,(H,22,24)(H,25,26). The Morgan fingerprint density at radius 3 is 2.43 bits per heavy atom. The number of ether oxygens (including phenoxy) is 1. The number of hydrogen-bond acceptors (Lipinski definition) is 5. The van der Waals surface area contributed by atoms with E-state index in [4.69, 9.17) is 4.74 Å². The first-order valence-corrected chi connectivity index (χ1v) is 11.0. The molecule has 9 heteroatoms. The predicted molar refractivity (Wildman–Crippen MR) is 110 cm³/mol. The van der Waals surface area contributed by atoms with Crippen LogP contribution < -0.4 is 5.32 Å². The van der Waals surface area contributed by atoms with E-state index in [0.29, 0.717) is 18.8 Å². The van der Waals surface area contributed by atoms with Gasteiger partial charge in [0, 0.05) is 25.1 Å². The van der Waals surface area contributed by atoms with E-state index in [-0.39, 0.29) is 30.0 Å². The molecule has 3 rings (SSSR count). The van der Waals surface area contributed by atoms with E-state index >= 15 is 0 Å². The number of nitrogens with one attached hydrogen (secondary N) is 1. The van der Waals surface area contributed by atoms with Crippen molar-refractivity contribution in [2.45, 2.75) is 24.3 Å². The molecule has 30 heavy (non-hydrogen) atoms. The molecular weight excluding hydrogens is 408 g/mol. The largest absolute Gasteiger partial charge is 0.480 e. The van der Waals surface area contributed by atoms with E-state index in [1.807, 2.05) is 6.07 Å². The van der Waals surface area contributed by atoms with Crippen LogP contribution in [0.2, 0.25) is 0 Å². The highest BCUT2D eigenvalue weighted by molar-refractivity contribution is 7.89. The highest BCUT2D eigenvalue weighted by atomic mass is 32.2. The molecule has 1 amide bonds. The fourth-order valence-corrected chi connectivity index (χ4v) is 4.90. The molecule has 0 radical (unpaired) electrons. The summed E-state index contributed by atoms with van der Waals surface area (Å²) in [4.78, 5) is 24.4. The number of amides is 1. The topological polar surface area (TPSA) is 113 Å². The van der Waals surface area contributed by atoms with Crippen LogP contribution in [0.5, 0.6) is 0 Å². The molecule has 1 aliphatic heterocycles. The minimum atomic E-state index is -3.79. The maximum atomic E-state index is 13.0. The van der Waals surface area contributed by atoms with Gasteiger partial charge < -0.3 is 15.2 Å². The van der Waals surface area contributed by atoms with E-state index in [1.54, 1.807) is 37.3 Å². The highest BCUT2D eigenvalue weighted by Crippen LogP contribution is 2.22. The first-order valence-electron chi connectivity index (χ1n) is 9.55. The molecule has 1 heterocycles. The zero-order valence-electron chi connectivity index (χ0n) is 16.6. The third-order valence-electron chi connectivity index (χ3n) is 4.92. The summed E-state index contributed by atoms with van der Waals surface area (Å²) in [5.41, 5.74) is 1.37. The maximum Gasteiger partial charge on any atom is 0.326 e. The molecule has 160 valence electrons. The van der Waals surface area contributed by atoms with Gasteiger partial charge in [-0.05, 0) is 30.2 Å². The Hall–Kier alpha value is -2.75. The molecule has 1 saturated heterocycles. The molecular formula is C21H24N2O6S. The van der Waals surface area contributed by atoms with Gasteiger partial charge in [-0.15, -0.1) is 0 Å². The van der Waals surface area contributed by atoms with Crippen molar-refractivity contribution in [2.75, 3.05) is 26.3 Å². The molecule has 1 fully saturated rings. The Morgan fingerprint density at radius 1 is 1.13 bits per heavy atom. The Kier molecular flexibility index (Phi) is 6.86. The van der Waals surface area contributed by atoms with Crippen LogP contribution in [0.1, 0.15) is 21.5 Å². The zero-order valence-corrected chi connectivity index (χ0v) is 17.4. The molecule has 8 nitrogen and oxygen atoms in total. The summed E-state index contributed by atoms with van der Waals surface area (Å²) in [7, 11) is -3.79. The number of hydrogen-bond donors (Lipinski definition) is 2. The van der Waals surface area contributed by atoms with Crippen molar-refractivity contribution in [1.82, 2.24) is 9.62 Å².